The van der Waals surface area contributed by atoms with E-state index in [0.29, 0.717) is 12.1 Å². The predicted molar refractivity (Wildman–Crippen MR) is 92.8 cm³/mol. The number of amides is 1. The van der Waals surface area contributed by atoms with Crippen molar-refractivity contribution in [2.24, 2.45) is 0 Å². The van der Waals surface area contributed by atoms with E-state index < -0.39 is 0 Å². The van der Waals surface area contributed by atoms with Gasteiger partial charge in [-0.1, -0.05) is 0 Å². The fourth-order valence-corrected chi connectivity index (χ4v) is 2.45. The van der Waals surface area contributed by atoms with Gasteiger partial charge in [0.2, 0.25) is 0 Å². The van der Waals surface area contributed by atoms with Gasteiger partial charge in [0.05, 0.1) is 17.8 Å². The first-order chi connectivity index (χ1) is 11.7. The molecule has 2 heterocycles. The monoisotopic (exact) mass is 324 g/mol. The van der Waals surface area contributed by atoms with Crippen LogP contribution >= 0.6 is 0 Å². The van der Waals surface area contributed by atoms with Crippen LogP contribution in [0.1, 0.15) is 29.9 Å². The van der Waals surface area contributed by atoms with E-state index in [0.717, 1.165) is 35.5 Å². The van der Waals surface area contributed by atoms with Crippen LogP contribution in [0, 0.1) is 0 Å². The Balaban J connectivity index is 1.75. The zero-order valence-corrected chi connectivity index (χ0v) is 13.8. The maximum absolute atomic E-state index is 12.3. The van der Waals surface area contributed by atoms with Gasteiger partial charge in [-0.05, 0) is 38.1 Å². The highest BCUT2D eigenvalue weighted by molar-refractivity contribution is 5.99. The number of aryl methyl sites for hydroxylation is 1. The average molecular weight is 324 g/mol. The van der Waals surface area contributed by atoms with E-state index >= 15 is 0 Å². The van der Waals surface area contributed by atoms with Crippen LogP contribution in [0.3, 0.4) is 0 Å². The van der Waals surface area contributed by atoms with Crippen LogP contribution in [0.5, 0.6) is 0 Å². The molecule has 2 N–H and O–H groups in total. The number of anilines is 1. The summed E-state index contributed by atoms with van der Waals surface area (Å²) in [5.74, 6) is 0.631. The number of nitrogens with one attached hydrogen (secondary N) is 2. The lowest BCUT2D eigenvalue weighted by molar-refractivity contribution is 0.0950. The second-order valence-electron chi connectivity index (χ2n) is 5.33. The first-order valence-corrected chi connectivity index (χ1v) is 8.00. The number of benzene rings is 1. The Morgan fingerprint density at radius 2 is 2.08 bits per heavy atom. The molecule has 0 atom stereocenters. The molecule has 0 fully saturated rings. The molecule has 24 heavy (non-hydrogen) atoms. The fraction of sp³-hybridized carbons (Fsp3) is 0.294. The average Bonchev–Trinajstić information content (AvgIpc) is 3.08. The second kappa shape index (κ2) is 7.08. The van der Waals surface area contributed by atoms with Crippen molar-refractivity contribution in [1.29, 1.82) is 0 Å². The number of carbonyl (C=O) groups is 1. The van der Waals surface area contributed by atoms with Gasteiger partial charge in [0.15, 0.2) is 0 Å². The van der Waals surface area contributed by atoms with Crippen molar-refractivity contribution < 1.29 is 4.79 Å². The number of carbonyl (C=O) groups excluding carboxylic acids is 1. The highest BCUT2D eigenvalue weighted by Gasteiger charge is 2.10. The van der Waals surface area contributed by atoms with Gasteiger partial charge in [0.25, 0.3) is 5.91 Å². The number of aromatic nitrogens is 4. The van der Waals surface area contributed by atoms with Gasteiger partial charge in [-0.2, -0.15) is 5.10 Å². The van der Waals surface area contributed by atoms with Crippen LogP contribution < -0.4 is 10.6 Å². The molecule has 3 aromatic rings. The molecule has 0 aliphatic rings. The molecular weight excluding hydrogens is 304 g/mol. The normalized spacial score (nSPS) is 10.8. The third kappa shape index (κ3) is 3.34. The van der Waals surface area contributed by atoms with Gasteiger partial charge < -0.3 is 10.6 Å². The first-order valence-electron chi connectivity index (χ1n) is 8.00. The Kier molecular flexibility index (Phi) is 4.69. The number of nitrogens with zero attached hydrogens (tertiary/aromatic N) is 4. The number of fused-ring (bicyclic) bond motifs is 1. The SMILES string of the molecule is CCNc1ncnc2cc(C(=O)NCc3ccn(CC)n3)ccc12. The molecule has 0 saturated carbocycles. The van der Waals surface area contributed by atoms with Crippen molar-refractivity contribution in [3.05, 3.63) is 48.0 Å². The quantitative estimate of drug-likeness (QED) is 0.726. The van der Waals surface area contributed by atoms with E-state index in [-0.39, 0.29) is 5.91 Å². The van der Waals surface area contributed by atoms with Crippen molar-refractivity contribution in [2.75, 3.05) is 11.9 Å². The molecule has 0 aliphatic carbocycles. The van der Waals surface area contributed by atoms with E-state index in [4.69, 9.17) is 0 Å². The summed E-state index contributed by atoms with van der Waals surface area (Å²) in [5, 5.41) is 11.3. The van der Waals surface area contributed by atoms with E-state index in [1.165, 1.54) is 6.33 Å². The summed E-state index contributed by atoms with van der Waals surface area (Å²) in [6, 6.07) is 7.33. The van der Waals surface area contributed by atoms with E-state index in [1.807, 2.05) is 36.9 Å². The molecule has 0 bridgehead atoms. The molecule has 0 unspecified atom stereocenters. The van der Waals surface area contributed by atoms with Crippen molar-refractivity contribution in [1.82, 2.24) is 25.1 Å². The predicted octanol–water partition coefficient (Wildman–Crippen LogP) is 2.21. The highest BCUT2D eigenvalue weighted by atomic mass is 16.1. The summed E-state index contributed by atoms with van der Waals surface area (Å²) in [5.41, 5.74) is 2.14. The molecule has 1 aromatic carbocycles. The van der Waals surface area contributed by atoms with Crippen molar-refractivity contribution in [3.8, 4) is 0 Å². The number of hydrogen-bond donors (Lipinski definition) is 2. The summed E-state index contributed by atoms with van der Waals surface area (Å²) in [6.45, 7) is 6.02. The lowest BCUT2D eigenvalue weighted by Gasteiger charge is -2.08. The van der Waals surface area contributed by atoms with E-state index in [2.05, 4.69) is 25.7 Å². The zero-order valence-electron chi connectivity index (χ0n) is 13.8. The maximum Gasteiger partial charge on any atom is 0.251 e. The minimum atomic E-state index is -0.147. The fourth-order valence-electron chi connectivity index (χ4n) is 2.45. The van der Waals surface area contributed by atoms with Crippen LogP contribution in [0.2, 0.25) is 0 Å². The maximum atomic E-state index is 12.3. The highest BCUT2D eigenvalue weighted by Crippen LogP contribution is 2.20. The molecular formula is C17H20N6O. The molecule has 7 heteroatoms. The first kappa shape index (κ1) is 15.9. The molecule has 2 aromatic heterocycles. The van der Waals surface area contributed by atoms with Crippen LogP contribution in [-0.2, 0) is 13.1 Å². The number of hydrogen-bond acceptors (Lipinski definition) is 5. The molecule has 0 spiro atoms. The van der Waals surface area contributed by atoms with Crippen LogP contribution in [-0.4, -0.2) is 32.2 Å². The Hall–Kier alpha value is -2.96. The second-order valence-corrected chi connectivity index (χ2v) is 5.33. The molecule has 0 saturated heterocycles. The van der Waals surface area contributed by atoms with Crippen LogP contribution in [0.15, 0.2) is 36.8 Å². The van der Waals surface area contributed by atoms with Gasteiger partial charge >= 0.3 is 0 Å². The lowest BCUT2D eigenvalue weighted by Crippen LogP contribution is -2.23. The van der Waals surface area contributed by atoms with E-state index in [1.54, 1.807) is 12.1 Å². The van der Waals surface area contributed by atoms with E-state index in [9.17, 15) is 4.79 Å². The Bertz CT molecular complexity index is 857. The molecule has 3 rings (SSSR count). The zero-order chi connectivity index (χ0) is 16.9. The standard InChI is InChI=1S/C17H20N6O/c1-3-18-16-14-6-5-12(9-15(14)20-11-21-16)17(24)19-10-13-7-8-23(4-2)22-13/h5-9,11H,3-4,10H2,1-2H3,(H,19,24)(H,18,20,21). The summed E-state index contributed by atoms with van der Waals surface area (Å²) in [4.78, 5) is 20.8. The van der Waals surface area contributed by atoms with Crippen LogP contribution in [0.25, 0.3) is 10.9 Å². The lowest BCUT2D eigenvalue weighted by atomic mass is 10.1. The molecule has 1 amide bonds. The summed E-state index contributed by atoms with van der Waals surface area (Å²) in [7, 11) is 0. The topological polar surface area (TPSA) is 84.7 Å². The Morgan fingerprint density at radius 3 is 2.83 bits per heavy atom. The van der Waals surface area contributed by atoms with Gasteiger partial charge in [-0.25, -0.2) is 9.97 Å². The minimum absolute atomic E-state index is 0.147. The molecule has 0 radical (unpaired) electrons. The van der Waals surface area contributed by atoms with Crippen molar-refractivity contribution in [3.63, 3.8) is 0 Å². The Morgan fingerprint density at radius 1 is 1.21 bits per heavy atom. The van der Waals surface area contributed by atoms with Crippen LogP contribution in [0.4, 0.5) is 5.82 Å². The summed E-state index contributed by atoms with van der Waals surface area (Å²) in [6.07, 6.45) is 3.40. The third-order valence-electron chi connectivity index (χ3n) is 3.69. The van der Waals surface area contributed by atoms with Crippen molar-refractivity contribution >= 4 is 22.6 Å². The Labute approximate surface area is 140 Å². The van der Waals surface area contributed by atoms with Crippen molar-refractivity contribution in [2.45, 2.75) is 26.9 Å². The van der Waals surface area contributed by atoms with Gasteiger partial charge in [-0.3, -0.25) is 9.48 Å². The summed E-state index contributed by atoms with van der Waals surface area (Å²) < 4.78 is 1.83. The molecule has 124 valence electrons. The molecule has 7 nitrogen and oxygen atoms in total. The molecule has 0 aliphatic heterocycles. The number of rotatable bonds is 6. The largest absolute Gasteiger partial charge is 0.370 e. The summed E-state index contributed by atoms with van der Waals surface area (Å²) >= 11 is 0. The van der Waals surface area contributed by atoms with Gasteiger partial charge in [0, 0.05) is 30.2 Å². The smallest absolute Gasteiger partial charge is 0.251 e. The minimum Gasteiger partial charge on any atom is -0.370 e. The van der Waals surface area contributed by atoms with Gasteiger partial charge in [-0.15, -0.1) is 0 Å². The third-order valence-corrected chi connectivity index (χ3v) is 3.69. The van der Waals surface area contributed by atoms with Gasteiger partial charge in [0.1, 0.15) is 12.1 Å².